The highest BCUT2D eigenvalue weighted by Gasteiger charge is 2.19. The zero-order valence-electron chi connectivity index (χ0n) is 15.2. The molecule has 0 aliphatic heterocycles. The van der Waals surface area contributed by atoms with Gasteiger partial charge in [0.25, 0.3) is 5.91 Å². The Morgan fingerprint density at radius 3 is 2.85 bits per heavy atom. The van der Waals surface area contributed by atoms with Crippen LogP contribution >= 0.6 is 11.3 Å². The van der Waals surface area contributed by atoms with E-state index in [2.05, 4.69) is 23.4 Å². The lowest BCUT2D eigenvalue weighted by atomic mass is 10.0. The predicted molar refractivity (Wildman–Crippen MR) is 102 cm³/mol. The van der Waals surface area contributed by atoms with Crippen LogP contribution < -0.4 is 0 Å². The van der Waals surface area contributed by atoms with Crippen molar-refractivity contribution in [3.05, 3.63) is 63.5 Å². The zero-order chi connectivity index (χ0) is 18.5. The van der Waals surface area contributed by atoms with Gasteiger partial charge in [0.1, 0.15) is 5.69 Å². The van der Waals surface area contributed by atoms with E-state index in [0.29, 0.717) is 24.6 Å². The molecule has 0 radical (unpaired) electrons. The molecule has 2 heterocycles. The predicted octanol–water partition coefficient (Wildman–Crippen LogP) is 4.31. The number of thiophene rings is 1. The first-order valence-electron chi connectivity index (χ1n) is 8.43. The monoisotopic (exact) mass is 370 g/mol. The van der Waals surface area contributed by atoms with Crippen molar-refractivity contribution in [3.63, 3.8) is 0 Å². The normalized spacial score (nSPS) is 10.9. The number of amides is 1. The van der Waals surface area contributed by atoms with Gasteiger partial charge in [-0.15, -0.1) is 11.3 Å². The molecular weight excluding hydrogens is 348 g/mol. The van der Waals surface area contributed by atoms with Gasteiger partial charge in [-0.3, -0.25) is 4.79 Å². The van der Waals surface area contributed by atoms with Gasteiger partial charge in [-0.05, 0) is 36.9 Å². The minimum atomic E-state index is -0.0201. The molecule has 136 valence electrons. The SMILES string of the molecule is COCCN(Cc1cc(-c2cc(C)ccc2C)on1)C(=O)c1cccs1. The summed E-state index contributed by atoms with van der Waals surface area (Å²) >= 11 is 1.43. The van der Waals surface area contributed by atoms with Crippen LogP contribution in [0.5, 0.6) is 0 Å². The van der Waals surface area contributed by atoms with Gasteiger partial charge in [0.2, 0.25) is 0 Å². The first-order chi connectivity index (χ1) is 12.6. The second-order valence-electron chi connectivity index (χ2n) is 6.20. The molecule has 0 aliphatic carbocycles. The van der Waals surface area contributed by atoms with Gasteiger partial charge in [0.05, 0.1) is 18.0 Å². The summed E-state index contributed by atoms with van der Waals surface area (Å²) in [6.07, 6.45) is 0. The van der Waals surface area contributed by atoms with E-state index in [9.17, 15) is 4.79 Å². The van der Waals surface area contributed by atoms with Crippen molar-refractivity contribution in [2.24, 2.45) is 0 Å². The third-order valence-electron chi connectivity index (χ3n) is 4.15. The van der Waals surface area contributed by atoms with Crippen molar-refractivity contribution in [1.82, 2.24) is 10.1 Å². The summed E-state index contributed by atoms with van der Waals surface area (Å²) in [6.45, 7) is 5.45. The van der Waals surface area contributed by atoms with Crippen molar-refractivity contribution < 1.29 is 14.1 Å². The van der Waals surface area contributed by atoms with E-state index < -0.39 is 0 Å². The number of benzene rings is 1. The largest absolute Gasteiger partial charge is 0.383 e. The van der Waals surface area contributed by atoms with E-state index in [4.69, 9.17) is 9.26 Å². The lowest BCUT2D eigenvalue weighted by Crippen LogP contribution is -2.33. The number of rotatable bonds is 7. The van der Waals surface area contributed by atoms with Gasteiger partial charge in [0.15, 0.2) is 5.76 Å². The summed E-state index contributed by atoms with van der Waals surface area (Å²) in [5, 5.41) is 6.07. The molecule has 6 heteroatoms. The van der Waals surface area contributed by atoms with E-state index in [0.717, 1.165) is 28.1 Å². The van der Waals surface area contributed by atoms with Crippen LogP contribution in [0.3, 0.4) is 0 Å². The molecule has 0 N–H and O–H groups in total. The number of carbonyl (C=O) groups excluding carboxylic acids is 1. The number of aryl methyl sites for hydroxylation is 2. The molecule has 0 atom stereocenters. The first-order valence-corrected chi connectivity index (χ1v) is 9.31. The summed E-state index contributed by atoms with van der Waals surface area (Å²) in [5.74, 6) is 0.699. The molecule has 0 spiro atoms. The van der Waals surface area contributed by atoms with Crippen LogP contribution in [0.25, 0.3) is 11.3 Å². The molecule has 2 aromatic heterocycles. The minimum absolute atomic E-state index is 0.0201. The van der Waals surface area contributed by atoms with E-state index in [1.807, 2.05) is 37.4 Å². The van der Waals surface area contributed by atoms with E-state index in [1.165, 1.54) is 11.3 Å². The van der Waals surface area contributed by atoms with Crippen LogP contribution in [0.4, 0.5) is 0 Å². The van der Waals surface area contributed by atoms with Crippen LogP contribution in [0.1, 0.15) is 26.5 Å². The number of hydrogen-bond acceptors (Lipinski definition) is 5. The highest BCUT2D eigenvalue weighted by Crippen LogP contribution is 2.26. The van der Waals surface area contributed by atoms with Gasteiger partial charge in [-0.25, -0.2) is 0 Å². The maximum absolute atomic E-state index is 12.7. The molecule has 0 unspecified atom stereocenters. The number of ether oxygens (including phenoxy) is 1. The number of carbonyl (C=O) groups is 1. The highest BCUT2D eigenvalue weighted by molar-refractivity contribution is 7.12. The molecule has 0 fully saturated rings. The fourth-order valence-corrected chi connectivity index (χ4v) is 3.41. The van der Waals surface area contributed by atoms with Crippen molar-refractivity contribution in [1.29, 1.82) is 0 Å². The smallest absolute Gasteiger partial charge is 0.264 e. The van der Waals surface area contributed by atoms with Crippen LogP contribution in [-0.2, 0) is 11.3 Å². The maximum Gasteiger partial charge on any atom is 0.264 e. The van der Waals surface area contributed by atoms with E-state index in [1.54, 1.807) is 12.0 Å². The Balaban J connectivity index is 1.80. The molecule has 5 nitrogen and oxygen atoms in total. The molecule has 3 aromatic rings. The minimum Gasteiger partial charge on any atom is -0.383 e. The third kappa shape index (κ3) is 4.20. The average Bonchev–Trinajstić information content (AvgIpc) is 3.32. The molecule has 0 saturated carbocycles. The third-order valence-corrected chi connectivity index (χ3v) is 5.01. The summed E-state index contributed by atoms with van der Waals surface area (Å²) < 4.78 is 10.7. The molecule has 26 heavy (non-hydrogen) atoms. The molecular formula is C20H22N2O3S. The van der Waals surface area contributed by atoms with Crippen LogP contribution in [0.2, 0.25) is 0 Å². The number of methoxy groups -OCH3 is 1. The molecule has 1 amide bonds. The van der Waals surface area contributed by atoms with E-state index in [-0.39, 0.29) is 5.91 Å². The van der Waals surface area contributed by atoms with Crippen molar-refractivity contribution >= 4 is 17.2 Å². The zero-order valence-corrected chi connectivity index (χ0v) is 16.0. The number of aromatic nitrogens is 1. The maximum atomic E-state index is 12.7. The Labute approximate surface area is 157 Å². The van der Waals surface area contributed by atoms with Crippen molar-refractivity contribution in [2.75, 3.05) is 20.3 Å². The Kier molecular flexibility index (Phi) is 5.85. The second-order valence-corrected chi connectivity index (χ2v) is 7.15. The Morgan fingerprint density at radius 1 is 1.27 bits per heavy atom. The van der Waals surface area contributed by atoms with E-state index >= 15 is 0 Å². The Bertz CT molecular complexity index is 871. The van der Waals surface area contributed by atoms with Crippen molar-refractivity contribution in [3.8, 4) is 11.3 Å². The molecule has 3 rings (SSSR count). The molecule has 0 bridgehead atoms. The second kappa shape index (κ2) is 8.29. The standard InChI is InChI=1S/C20H22N2O3S/c1-14-6-7-15(2)17(11-14)18-12-16(21-25-18)13-22(8-9-24-3)20(23)19-5-4-10-26-19/h4-7,10-12H,8-9,13H2,1-3H3. The highest BCUT2D eigenvalue weighted by atomic mass is 32.1. The topological polar surface area (TPSA) is 55.6 Å². The molecule has 0 saturated heterocycles. The van der Waals surface area contributed by atoms with Gasteiger partial charge in [-0.1, -0.05) is 28.9 Å². The summed E-state index contributed by atoms with van der Waals surface area (Å²) in [7, 11) is 1.63. The summed E-state index contributed by atoms with van der Waals surface area (Å²) in [6, 6.07) is 11.8. The van der Waals surface area contributed by atoms with Gasteiger partial charge >= 0.3 is 0 Å². The quantitative estimate of drug-likeness (QED) is 0.622. The first kappa shape index (κ1) is 18.4. The van der Waals surface area contributed by atoms with Gasteiger partial charge in [-0.2, -0.15) is 0 Å². The fraction of sp³-hybridized carbons (Fsp3) is 0.300. The number of hydrogen-bond donors (Lipinski definition) is 0. The average molecular weight is 370 g/mol. The lowest BCUT2D eigenvalue weighted by molar-refractivity contribution is 0.0681. The Hall–Kier alpha value is -2.44. The van der Waals surface area contributed by atoms with Crippen LogP contribution in [0, 0.1) is 13.8 Å². The molecule has 1 aromatic carbocycles. The molecule has 0 aliphatic rings. The van der Waals surface area contributed by atoms with Gasteiger partial charge < -0.3 is 14.2 Å². The summed E-state index contributed by atoms with van der Waals surface area (Å²) in [5.41, 5.74) is 4.04. The van der Waals surface area contributed by atoms with Crippen LogP contribution in [-0.4, -0.2) is 36.2 Å². The van der Waals surface area contributed by atoms with Crippen LogP contribution in [0.15, 0.2) is 46.3 Å². The van der Waals surface area contributed by atoms with Gasteiger partial charge in [0, 0.05) is 25.3 Å². The number of nitrogens with zero attached hydrogens (tertiary/aromatic N) is 2. The summed E-state index contributed by atoms with van der Waals surface area (Å²) in [4.78, 5) is 15.2. The lowest BCUT2D eigenvalue weighted by Gasteiger charge is -2.20. The fourth-order valence-electron chi connectivity index (χ4n) is 2.72. The Morgan fingerprint density at radius 2 is 2.12 bits per heavy atom. The van der Waals surface area contributed by atoms with Crippen molar-refractivity contribution in [2.45, 2.75) is 20.4 Å².